The van der Waals surface area contributed by atoms with E-state index in [1.807, 2.05) is 18.2 Å². The Labute approximate surface area is 156 Å². The number of nitrogens with zero attached hydrogens (tertiary/aromatic N) is 2. The van der Waals surface area contributed by atoms with E-state index >= 15 is 0 Å². The van der Waals surface area contributed by atoms with Crippen molar-refractivity contribution in [3.63, 3.8) is 0 Å². The number of nitro benzene ring substituents is 1. The summed E-state index contributed by atoms with van der Waals surface area (Å²) < 4.78 is 0. The summed E-state index contributed by atoms with van der Waals surface area (Å²) in [7, 11) is 0. The molecule has 1 aliphatic heterocycles. The molecule has 0 radical (unpaired) electrons. The van der Waals surface area contributed by atoms with Gasteiger partial charge in [0.1, 0.15) is 5.69 Å². The molecule has 1 heterocycles. The quantitative estimate of drug-likeness (QED) is 0.595. The number of quaternary nitrogens is 1. The molecule has 1 aliphatic rings. The largest absolute Gasteiger partial charge is 0.327 e. The molecule has 0 aromatic heterocycles. The van der Waals surface area contributed by atoms with Gasteiger partial charge in [0.05, 0.1) is 31.1 Å². The van der Waals surface area contributed by atoms with Crippen molar-refractivity contribution in [3.05, 3.63) is 70.3 Å². The third-order valence-corrected chi connectivity index (χ3v) is 4.56. The second-order valence-electron chi connectivity index (χ2n) is 6.41. The second kappa shape index (κ2) is 8.41. The molecule has 2 amide bonds. The first-order valence-electron chi connectivity index (χ1n) is 8.76. The predicted molar refractivity (Wildman–Crippen MR) is 99.6 cm³/mol. The van der Waals surface area contributed by atoms with Crippen LogP contribution in [0.4, 0.5) is 11.4 Å². The van der Waals surface area contributed by atoms with Crippen molar-refractivity contribution in [1.29, 1.82) is 0 Å². The Morgan fingerprint density at radius 3 is 2.33 bits per heavy atom. The van der Waals surface area contributed by atoms with Gasteiger partial charge in [0.15, 0.2) is 6.54 Å². The summed E-state index contributed by atoms with van der Waals surface area (Å²) in [5.41, 5.74) is 0.735. The van der Waals surface area contributed by atoms with Crippen LogP contribution < -0.4 is 10.2 Å². The monoisotopic (exact) mass is 369 g/mol. The zero-order valence-electron chi connectivity index (χ0n) is 14.8. The molecule has 0 unspecified atom stereocenters. The van der Waals surface area contributed by atoms with Gasteiger partial charge in [-0.3, -0.25) is 19.7 Å². The molecule has 140 valence electrons. The van der Waals surface area contributed by atoms with Gasteiger partial charge in [-0.1, -0.05) is 30.3 Å². The molecule has 2 aromatic carbocycles. The Morgan fingerprint density at radius 1 is 1.04 bits per heavy atom. The molecule has 2 aromatic rings. The Morgan fingerprint density at radius 2 is 1.67 bits per heavy atom. The molecule has 1 fully saturated rings. The highest BCUT2D eigenvalue weighted by Gasteiger charge is 2.26. The number of amides is 2. The van der Waals surface area contributed by atoms with Crippen LogP contribution in [0.1, 0.15) is 10.4 Å². The minimum absolute atomic E-state index is 0.000915. The third-order valence-electron chi connectivity index (χ3n) is 4.56. The van der Waals surface area contributed by atoms with Crippen molar-refractivity contribution in [1.82, 2.24) is 4.90 Å². The van der Waals surface area contributed by atoms with Gasteiger partial charge in [0, 0.05) is 11.6 Å². The molecule has 8 heteroatoms. The summed E-state index contributed by atoms with van der Waals surface area (Å²) >= 11 is 0. The molecular formula is C19H21N4O4+. The number of rotatable bonds is 5. The van der Waals surface area contributed by atoms with Crippen molar-refractivity contribution in [2.24, 2.45) is 0 Å². The first-order valence-corrected chi connectivity index (χ1v) is 8.76. The molecule has 0 spiro atoms. The van der Waals surface area contributed by atoms with Gasteiger partial charge in [0.25, 0.3) is 17.5 Å². The van der Waals surface area contributed by atoms with E-state index in [2.05, 4.69) is 5.32 Å². The molecule has 3 rings (SSSR count). The number of anilines is 1. The summed E-state index contributed by atoms with van der Waals surface area (Å²) in [4.78, 5) is 38.0. The third kappa shape index (κ3) is 4.68. The van der Waals surface area contributed by atoms with Gasteiger partial charge in [0.2, 0.25) is 0 Å². The van der Waals surface area contributed by atoms with Crippen LogP contribution in [0.5, 0.6) is 0 Å². The predicted octanol–water partition coefficient (Wildman–Crippen LogP) is 0.574. The second-order valence-corrected chi connectivity index (χ2v) is 6.41. The minimum Gasteiger partial charge on any atom is -0.327 e. The Balaban J connectivity index is 1.51. The van der Waals surface area contributed by atoms with Crippen LogP contribution in [0.15, 0.2) is 54.6 Å². The lowest BCUT2D eigenvalue weighted by Crippen LogP contribution is -3.15. The Kier molecular flexibility index (Phi) is 5.77. The first-order chi connectivity index (χ1) is 13.0. The van der Waals surface area contributed by atoms with E-state index in [0.29, 0.717) is 31.7 Å². The van der Waals surface area contributed by atoms with Crippen molar-refractivity contribution in [2.45, 2.75) is 0 Å². The maximum absolute atomic E-state index is 12.4. The zero-order chi connectivity index (χ0) is 19.2. The fourth-order valence-corrected chi connectivity index (χ4v) is 3.13. The topological polar surface area (TPSA) is 97.0 Å². The number of nitrogens with one attached hydrogen (secondary N) is 2. The highest BCUT2D eigenvalue weighted by atomic mass is 16.6. The lowest BCUT2D eigenvalue weighted by molar-refractivity contribution is -0.895. The number of nitro groups is 1. The lowest BCUT2D eigenvalue weighted by Gasteiger charge is -2.31. The summed E-state index contributed by atoms with van der Waals surface area (Å²) in [5, 5.41) is 13.6. The van der Waals surface area contributed by atoms with Crippen LogP contribution in [0.25, 0.3) is 0 Å². The molecule has 2 N–H and O–H groups in total. The number of carbonyl (C=O) groups excluding carboxylic acids is 2. The first kappa shape index (κ1) is 18.5. The van der Waals surface area contributed by atoms with Gasteiger partial charge in [-0.25, -0.2) is 0 Å². The standard InChI is InChI=1S/C19H20N4O4/c24-18(20-16-8-4-5-9-17(16)23(26)27)14-21-10-12-22(13-11-21)19(25)15-6-2-1-3-7-15/h1-9H,10-14H2,(H,20,24)/p+1. The molecule has 0 bridgehead atoms. The van der Waals surface area contributed by atoms with E-state index in [4.69, 9.17) is 0 Å². The number of benzene rings is 2. The SMILES string of the molecule is O=C(C[NH+]1CCN(C(=O)c2ccccc2)CC1)Nc1ccccc1[N+](=O)[O-]. The average molecular weight is 369 g/mol. The van der Waals surface area contributed by atoms with Gasteiger partial charge < -0.3 is 15.1 Å². The summed E-state index contributed by atoms with van der Waals surface area (Å²) in [6, 6.07) is 15.2. The maximum Gasteiger partial charge on any atom is 0.292 e. The number of hydrogen-bond acceptors (Lipinski definition) is 4. The number of hydrogen-bond donors (Lipinski definition) is 2. The Bertz CT molecular complexity index is 833. The maximum atomic E-state index is 12.4. The van der Waals surface area contributed by atoms with Crippen molar-refractivity contribution in [3.8, 4) is 0 Å². The molecule has 0 atom stereocenters. The molecule has 8 nitrogen and oxygen atoms in total. The summed E-state index contributed by atoms with van der Waals surface area (Å²) in [5.74, 6) is -0.277. The van der Waals surface area contributed by atoms with Gasteiger partial charge >= 0.3 is 0 Å². The van der Waals surface area contributed by atoms with Crippen LogP contribution in [0.3, 0.4) is 0 Å². The minimum atomic E-state index is -0.517. The molecule has 27 heavy (non-hydrogen) atoms. The lowest BCUT2D eigenvalue weighted by atomic mass is 10.2. The highest BCUT2D eigenvalue weighted by Crippen LogP contribution is 2.22. The van der Waals surface area contributed by atoms with Crippen LogP contribution in [-0.2, 0) is 4.79 Å². The van der Waals surface area contributed by atoms with E-state index < -0.39 is 4.92 Å². The summed E-state index contributed by atoms with van der Waals surface area (Å²) in [6.45, 7) is 2.66. The average Bonchev–Trinajstić information content (AvgIpc) is 2.69. The highest BCUT2D eigenvalue weighted by molar-refractivity contribution is 5.94. The fourth-order valence-electron chi connectivity index (χ4n) is 3.13. The van der Waals surface area contributed by atoms with E-state index in [-0.39, 0.29) is 29.7 Å². The molecule has 0 aliphatic carbocycles. The van der Waals surface area contributed by atoms with Crippen LogP contribution in [0.2, 0.25) is 0 Å². The number of piperazine rings is 1. The molecule has 1 saturated heterocycles. The smallest absolute Gasteiger partial charge is 0.292 e. The fraction of sp³-hybridized carbons (Fsp3) is 0.263. The van der Waals surface area contributed by atoms with Crippen molar-refractivity contribution < 1.29 is 19.4 Å². The van der Waals surface area contributed by atoms with E-state index in [1.165, 1.54) is 12.1 Å². The number of carbonyl (C=O) groups is 2. The molecular weight excluding hydrogens is 348 g/mol. The van der Waals surface area contributed by atoms with Gasteiger partial charge in [-0.05, 0) is 18.2 Å². The van der Waals surface area contributed by atoms with Crippen LogP contribution in [-0.4, -0.2) is 54.4 Å². The van der Waals surface area contributed by atoms with Crippen molar-refractivity contribution >= 4 is 23.2 Å². The zero-order valence-corrected chi connectivity index (χ0v) is 14.8. The van der Waals surface area contributed by atoms with Gasteiger partial charge in [-0.2, -0.15) is 0 Å². The normalized spacial score (nSPS) is 14.6. The molecule has 0 saturated carbocycles. The summed E-state index contributed by atoms with van der Waals surface area (Å²) in [6.07, 6.45) is 0. The van der Waals surface area contributed by atoms with E-state index in [0.717, 1.165) is 4.90 Å². The Hall–Kier alpha value is -3.26. The van der Waals surface area contributed by atoms with Crippen LogP contribution >= 0.6 is 0 Å². The van der Waals surface area contributed by atoms with Crippen LogP contribution in [0, 0.1) is 10.1 Å². The number of para-hydroxylation sites is 2. The van der Waals surface area contributed by atoms with Gasteiger partial charge in [-0.15, -0.1) is 0 Å². The van der Waals surface area contributed by atoms with E-state index in [9.17, 15) is 19.7 Å². The van der Waals surface area contributed by atoms with Crippen molar-refractivity contribution in [2.75, 3.05) is 38.0 Å². The van der Waals surface area contributed by atoms with E-state index in [1.54, 1.807) is 29.2 Å².